The summed E-state index contributed by atoms with van der Waals surface area (Å²) in [5.41, 5.74) is 0.864. The third kappa shape index (κ3) is 0.827. The molecule has 58 valence electrons. The van der Waals surface area contributed by atoms with E-state index in [0.717, 1.165) is 17.1 Å². The molecule has 2 rings (SSSR count). The van der Waals surface area contributed by atoms with Crippen LogP contribution < -0.4 is 0 Å². The van der Waals surface area contributed by atoms with Crippen molar-refractivity contribution in [3.05, 3.63) is 0 Å². The summed E-state index contributed by atoms with van der Waals surface area (Å²) >= 11 is 4.29. The van der Waals surface area contributed by atoms with Crippen LogP contribution >= 0.6 is 12.6 Å². The zero-order valence-corrected chi connectivity index (χ0v) is 7.37. The summed E-state index contributed by atoms with van der Waals surface area (Å²) in [5.74, 6) is 2.17. The van der Waals surface area contributed by atoms with Crippen molar-refractivity contribution in [1.29, 1.82) is 0 Å². The van der Waals surface area contributed by atoms with Crippen molar-refractivity contribution in [1.82, 2.24) is 0 Å². The topological polar surface area (TPSA) is 0 Å². The van der Waals surface area contributed by atoms with E-state index in [9.17, 15) is 0 Å². The SMILES string of the molecule is SCCC1CCC12CCC2. The normalized spacial score (nSPS) is 35.1. The van der Waals surface area contributed by atoms with Gasteiger partial charge in [-0.2, -0.15) is 12.6 Å². The summed E-state index contributed by atoms with van der Waals surface area (Å²) in [5, 5.41) is 0. The Morgan fingerprint density at radius 1 is 1.30 bits per heavy atom. The van der Waals surface area contributed by atoms with Gasteiger partial charge in [0.05, 0.1) is 0 Å². The second-order valence-corrected chi connectivity index (χ2v) is 4.41. The van der Waals surface area contributed by atoms with Crippen molar-refractivity contribution in [2.75, 3.05) is 5.75 Å². The van der Waals surface area contributed by atoms with Crippen molar-refractivity contribution in [3.8, 4) is 0 Å². The van der Waals surface area contributed by atoms with Crippen molar-refractivity contribution < 1.29 is 0 Å². The second-order valence-electron chi connectivity index (χ2n) is 3.96. The zero-order valence-electron chi connectivity index (χ0n) is 6.47. The molecule has 1 spiro atoms. The van der Waals surface area contributed by atoms with E-state index in [1.807, 2.05) is 0 Å². The Morgan fingerprint density at radius 3 is 2.40 bits per heavy atom. The molecule has 0 nitrogen and oxygen atoms in total. The van der Waals surface area contributed by atoms with Gasteiger partial charge in [-0.15, -0.1) is 0 Å². The first-order valence-electron chi connectivity index (χ1n) is 4.48. The molecule has 0 N–H and O–H groups in total. The molecule has 0 aromatic rings. The van der Waals surface area contributed by atoms with Gasteiger partial charge in [0.2, 0.25) is 0 Å². The summed E-state index contributed by atoms with van der Waals surface area (Å²) in [7, 11) is 0. The van der Waals surface area contributed by atoms with Gasteiger partial charge in [0.1, 0.15) is 0 Å². The molecule has 0 aromatic heterocycles. The van der Waals surface area contributed by atoms with Crippen LogP contribution in [0, 0.1) is 11.3 Å². The molecule has 2 aliphatic carbocycles. The first kappa shape index (κ1) is 7.02. The number of rotatable bonds is 2. The van der Waals surface area contributed by atoms with Crippen LogP contribution in [0.3, 0.4) is 0 Å². The lowest BCUT2D eigenvalue weighted by atomic mass is 9.49. The Labute approximate surface area is 68.8 Å². The molecule has 1 atom stereocenters. The maximum absolute atomic E-state index is 4.29. The van der Waals surface area contributed by atoms with Gasteiger partial charge in [0.25, 0.3) is 0 Å². The van der Waals surface area contributed by atoms with E-state index < -0.39 is 0 Å². The van der Waals surface area contributed by atoms with E-state index in [1.165, 1.54) is 38.5 Å². The van der Waals surface area contributed by atoms with Gasteiger partial charge in [0, 0.05) is 0 Å². The highest BCUT2D eigenvalue weighted by Gasteiger charge is 2.49. The summed E-state index contributed by atoms with van der Waals surface area (Å²) in [4.78, 5) is 0. The van der Waals surface area contributed by atoms with E-state index in [1.54, 1.807) is 0 Å². The lowest BCUT2D eigenvalue weighted by Gasteiger charge is -2.56. The number of thiol groups is 1. The highest BCUT2D eigenvalue weighted by Crippen LogP contribution is 2.60. The molecule has 0 heterocycles. The quantitative estimate of drug-likeness (QED) is 0.584. The molecule has 10 heavy (non-hydrogen) atoms. The molecule has 0 aromatic carbocycles. The molecule has 0 bridgehead atoms. The first-order valence-corrected chi connectivity index (χ1v) is 5.11. The molecule has 0 amide bonds. The van der Waals surface area contributed by atoms with E-state index in [-0.39, 0.29) is 0 Å². The van der Waals surface area contributed by atoms with Gasteiger partial charge < -0.3 is 0 Å². The average Bonchev–Trinajstić information content (AvgIpc) is 1.77. The smallest absolute Gasteiger partial charge is 0.00951 e. The van der Waals surface area contributed by atoms with Gasteiger partial charge in [-0.3, -0.25) is 0 Å². The first-order chi connectivity index (χ1) is 4.87. The van der Waals surface area contributed by atoms with Crippen LogP contribution in [-0.4, -0.2) is 5.75 Å². The molecule has 1 unspecified atom stereocenters. The molecule has 2 aliphatic rings. The van der Waals surface area contributed by atoms with Crippen LogP contribution in [0.2, 0.25) is 0 Å². The van der Waals surface area contributed by atoms with Gasteiger partial charge >= 0.3 is 0 Å². The standard InChI is InChI=1S/C9H16S/c10-7-3-8-2-6-9(8)4-1-5-9/h8,10H,1-7H2. The zero-order chi connectivity index (χ0) is 7.03. The van der Waals surface area contributed by atoms with E-state index >= 15 is 0 Å². The fourth-order valence-corrected chi connectivity index (χ4v) is 2.96. The van der Waals surface area contributed by atoms with Crippen LogP contribution in [-0.2, 0) is 0 Å². The van der Waals surface area contributed by atoms with Crippen molar-refractivity contribution >= 4 is 12.6 Å². The van der Waals surface area contributed by atoms with Crippen LogP contribution in [0.1, 0.15) is 38.5 Å². The molecular formula is C9H16S. The third-order valence-electron chi connectivity index (χ3n) is 3.68. The Hall–Kier alpha value is 0.350. The molecule has 0 radical (unpaired) electrons. The lowest BCUT2D eigenvalue weighted by molar-refractivity contribution is -0.0496. The Bertz CT molecular complexity index is 121. The summed E-state index contributed by atoms with van der Waals surface area (Å²) in [6, 6.07) is 0. The lowest BCUT2D eigenvalue weighted by Crippen LogP contribution is -2.45. The molecule has 0 saturated heterocycles. The fourth-order valence-electron chi connectivity index (χ4n) is 2.65. The van der Waals surface area contributed by atoms with Crippen molar-refractivity contribution in [3.63, 3.8) is 0 Å². The number of hydrogen-bond acceptors (Lipinski definition) is 1. The maximum Gasteiger partial charge on any atom is -0.00951 e. The molecule has 0 aliphatic heterocycles. The highest BCUT2D eigenvalue weighted by molar-refractivity contribution is 7.80. The largest absolute Gasteiger partial charge is 0.179 e. The second kappa shape index (κ2) is 2.44. The summed E-state index contributed by atoms with van der Waals surface area (Å²) in [6.07, 6.45) is 8.98. The molecular weight excluding hydrogens is 140 g/mol. The predicted octanol–water partition coefficient (Wildman–Crippen LogP) is 2.89. The van der Waals surface area contributed by atoms with Gasteiger partial charge in [-0.1, -0.05) is 6.42 Å². The minimum Gasteiger partial charge on any atom is -0.179 e. The predicted molar refractivity (Wildman–Crippen MR) is 47.5 cm³/mol. The maximum atomic E-state index is 4.29. The van der Waals surface area contributed by atoms with Gasteiger partial charge in [-0.05, 0) is 49.2 Å². The van der Waals surface area contributed by atoms with Crippen LogP contribution in [0.4, 0.5) is 0 Å². The van der Waals surface area contributed by atoms with Crippen LogP contribution in [0.5, 0.6) is 0 Å². The Morgan fingerprint density at radius 2 is 2.10 bits per heavy atom. The van der Waals surface area contributed by atoms with Crippen LogP contribution in [0.25, 0.3) is 0 Å². The minimum atomic E-state index is 0.864. The third-order valence-corrected chi connectivity index (χ3v) is 3.94. The van der Waals surface area contributed by atoms with Crippen LogP contribution in [0.15, 0.2) is 0 Å². The fraction of sp³-hybridized carbons (Fsp3) is 1.00. The number of hydrogen-bond donors (Lipinski definition) is 1. The van der Waals surface area contributed by atoms with E-state index in [0.29, 0.717) is 0 Å². The Balaban J connectivity index is 1.87. The molecule has 2 saturated carbocycles. The van der Waals surface area contributed by atoms with Crippen molar-refractivity contribution in [2.24, 2.45) is 11.3 Å². The Kier molecular flexibility index (Phi) is 1.71. The summed E-state index contributed by atoms with van der Waals surface area (Å²) in [6.45, 7) is 0. The van der Waals surface area contributed by atoms with E-state index in [2.05, 4.69) is 12.6 Å². The van der Waals surface area contributed by atoms with Gasteiger partial charge in [0.15, 0.2) is 0 Å². The average molecular weight is 156 g/mol. The van der Waals surface area contributed by atoms with Crippen molar-refractivity contribution in [2.45, 2.75) is 38.5 Å². The molecule has 1 heteroatoms. The highest BCUT2D eigenvalue weighted by atomic mass is 32.1. The van der Waals surface area contributed by atoms with Gasteiger partial charge in [-0.25, -0.2) is 0 Å². The minimum absolute atomic E-state index is 0.864. The summed E-state index contributed by atoms with van der Waals surface area (Å²) < 4.78 is 0. The molecule has 2 fully saturated rings. The van der Waals surface area contributed by atoms with E-state index in [4.69, 9.17) is 0 Å². The monoisotopic (exact) mass is 156 g/mol.